The number of rotatable bonds is 4. The number of carbonyl (C=O) groups excluding carboxylic acids is 1. The van der Waals surface area contributed by atoms with Crippen LogP contribution in [0.25, 0.3) is 11.1 Å². The van der Waals surface area contributed by atoms with Gasteiger partial charge in [-0.05, 0) is 75.9 Å². The Hall–Kier alpha value is -2.47. The average molecular weight is 383 g/mol. The smallest absolute Gasteiger partial charge is 0.240 e. The van der Waals surface area contributed by atoms with Crippen molar-refractivity contribution in [1.29, 1.82) is 0 Å². The fourth-order valence-corrected chi connectivity index (χ4v) is 4.50. The van der Waals surface area contributed by atoms with Gasteiger partial charge in [0.2, 0.25) is 5.91 Å². The van der Waals surface area contributed by atoms with E-state index in [9.17, 15) is 9.18 Å². The van der Waals surface area contributed by atoms with E-state index in [-0.39, 0.29) is 23.3 Å². The molecule has 1 aromatic heterocycles. The number of halogens is 1. The molecule has 2 aromatic rings. The van der Waals surface area contributed by atoms with Crippen LogP contribution in [0, 0.1) is 5.82 Å². The predicted molar refractivity (Wildman–Crippen MR) is 105 cm³/mol. The Balaban J connectivity index is 1.61. The van der Waals surface area contributed by atoms with E-state index in [4.69, 9.17) is 4.74 Å². The third-order valence-electron chi connectivity index (χ3n) is 5.64. The number of benzene rings is 1. The Morgan fingerprint density at radius 1 is 1.29 bits per heavy atom. The molecule has 2 atom stereocenters. The van der Waals surface area contributed by atoms with Crippen LogP contribution in [0.2, 0.25) is 0 Å². The van der Waals surface area contributed by atoms with E-state index in [1.807, 2.05) is 26.8 Å². The number of nitrogens with zero attached hydrogens (tertiary/aromatic N) is 1. The summed E-state index contributed by atoms with van der Waals surface area (Å²) >= 11 is 0. The lowest BCUT2D eigenvalue weighted by Crippen LogP contribution is -2.47. The maximum absolute atomic E-state index is 14.4. The molecule has 0 unspecified atom stereocenters. The molecule has 4 rings (SSSR count). The number of aromatic nitrogens is 1. The van der Waals surface area contributed by atoms with Crippen molar-refractivity contribution in [2.75, 3.05) is 6.61 Å². The number of amides is 1. The van der Waals surface area contributed by atoms with Crippen LogP contribution in [0.15, 0.2) is 36.5 Å². The zero-order valence-electron chi connectivity index (χ0n) is 16.5. The van der Waals surface area contributed by atoms with Gasteiger partial charge in [0.05, 0.1) is 18.3 Å². The molecule has 1 amide bonds. The molecule has 28 heavy (non-hydrogen) atoms. The summed E-state index contributed by atoms with van der Waals surface area (Å²) < 4.78 is 19.9. The SMILES string of the molecule is CCOc1ccc(F)c(-c2ccnc([C@H]3CC[C@]4(CC(C)(C)NC4=O)N3)c2)c1. The molecule has 0 bridgehead atoms. The fraction of sp³-hybridized carbons (Fsp3) is 0.455. The van der Waals surface area contributed by atoms with E-state index in [1.54, 1.807) is 24.4 Å². The Morgan fingerprint density at radius 2 is 2.11 bits per heavy atom. The first-order valence-electron chi connectivity index (χ1n) is 9.81. The summed E-state index contributed by atoms with van der Waals surface area (Å²) in [5, 5.41) is 6.60. The van der Waals surface area contributed by atoms with Gasteiger partial charge in [0, 0.05) is 17.3 Å². The molecule has 3 heterocycles. The molecular weight excluding hydrogens is 357 g/mol. The maximum Gasteiger partial charge on any atom is 0.240 e. The van der Waals surface area contributed by atoms with Crippen LogP contribution in [0.4, 0.5) is 4.39 Å². The third-order valence-corrected chi connectivity index (χ3v) is 5.64. The molecule has 1 aromatic carbocycles. The van der Waals surface area contributed by atoms with E-state index in [1.165, 1.54) is 6.07 Å². The van der Waals surface area contributed by atoms with Crippen LogP contribution in [0.1, 0.15) is 51.8 Å². The van der Waals surface area contributed by atoms with E-state index in [0.29, 0.717) is 17.9 Å². The zero-order chi connectivity index (χ0) is 19.9. The minimum absolute atomic E-state index is 0.0299. The maximum atomic E-state index is 14.4. The minimum atomic E-state index is -0.536. The molecule has 2 N–H and O–H groups in total. The van der Waals surface area contributed by atoms with Gasteiger partial charge in [-0.25, -0.2) is 4.39 Å². The van der Waals surface area contributed by atoms with Crippen LogP contribution in [0.5, 0.6) is 5.75 Å². The average Bonchev–Trinajstić information content (AvgIpc) is 3.17. The van der Waals surface area contributed by atoms with E-state index in [2.05, 4.69) is 15.6 Å². The topological polar surface area (TPSA) is 63.2 Å². The van der Waals surface area contributed by atoms with Gasteiger partial charge < -0.3 is 10.1 Å². The van der Waals surface area contributed by atoms with E-state index in [0.717, 1.165) is 30.5 Å². The predicted octanol–water partition coefficient (Wildman–Crippen LogP) is 3.75. The third kappa shape index (κ3) is 3.37. The highest BCUT2D eigenvalue weighted by atomic mass is 19.1. The highest BCUT2D eigenvalue weighted by molar-refractivity contribution is 5.90. The van der Waals surface area contributed by atoms with Gasteiger partial charge in [-0.2, -0.15) is 0 Å². The number of nitrogens with one attached hydrogen (secondary N) is 2. The van der Waals surface area contributed by atoms with Gasteiger partial charge in [0.25, 0.3) is 0 Å². The Morgan fingerprint density at radius 3 is 2.82 bits per heavy atom. The van der Waals surface area contributed by atoms with Gasteiger partial charge in [0.15, 0.2) is 0 Å². The Labute approximate surface area is 164 Å². The fourth-order valence-electron chi connectivity index (χ4n) is 4.50. The second-order valence-electron chi connectivity index (χ2n) is 8.38. The van der Waals surface area contributed by atoms with Gasteiger partial charge in [-0.1, -0.05) is 0 Å². The van der Waals surface area contributed by atoms with E-state index < -0.39 is 5.54 Å². The molecule has 0 aliphatic carbocycles. The van der Waals surface area contributed by atoms with Gasteiger partial charge in [-0.15, -0.1) is 0 Å². The molecule has 0 radical (unpaired) electrons. The van der Waals surface area contributed by atoms with Crippen molar-refractivity contribution in [1.82, 2.24) is 15.6 Å². The van der Waals surface area contributed by atoms with Gasteiger partial charge in [-0.3, -0.25) is 15.1 Å². The molecule has 2 fully saturated rings. The lowest BCUT2D eigenvalue weighted by Gasteiger charge is -2.24. The van der Waals surface area contributed by atoms with Crippen molar-refractivity contribution >= 4 is 5.91 Å². The number of hydrogen-bond acceptors (Lipinski definition) is 4. The normalized spacial score (nSPS) is 25.9. The number of hydrogen-bond donors (Lipinski definition) is 2. The van der Waals surface area contributed by atoms with Crippen molar-refractivity contribution in [3.8, 4) is 16.9 Å². The lowest BCUT2D eigenvalue weighted by molar-refractivity contribution is -0.124. The highest BCUT2D eigenvalue weighted by Gasteiger charge is 2.54. The number of ether oxygens (including phenoxy) is 1. The molecule has 1 spiro atoms. The Bertz CT molecular complexity index is 914. The molecule has 2 aliphatic heterocycles. The summed E-state index contributed by atoms with van der Waals surface area (Å²) in [4.78, 5) is 17.1. The quantitative estimate of drug-likeness (QED) is 0.844. The summed E-state index contributed by atoms with van der Waals surface area (Å²) in [5.74, 6) is 0.403. The summed E-state index contributed by atoms with van der Waals surface area (Å²) in [6, 6.07) is 8.45. The van der Waals surface area contributed by atoms with Crippen molar-refractivity contribution in [3.63, 3.8) is 0 Å². The Kier molecular flexibility index (Phi) is 4.62. The molecule has 2 aliphatic rings. The molecule has 2 saturated heterocycles. The summed E-state index contributed by atoms with van der Waals surface area (Å²) in [5.41, 5.74) is 1.32. The highest BCUT2D eigenvalue weighted by Crippen LogP contribution is 2.41. The van der Waals surface area contributed by atoms with Gasteiger partial charge >= 0.3 is 0 Å². The molecule has 148 valence electrons. The van der Waals surface area contributed by atoms with Crippen molar-refractivity contribution in [2.24, 2.45) is 0 Å². The lowest BCUT2D eigenvalue weighted by atomic mass is 9.88. The first-order valence-corrected chi connectivity index (χ1v) is 9.81. The van der Waals surface area contributed by atoms with Crippen molar-refractivity contribution in [3.05, 3.63) is 48.0 Å². The van der Waals surface area contributed by atoms with Gasteiger partial charge in [0.1, 0.15) is 17.1 Å². The standard InChI is InChI=1S/C22H26FN3O2/c1-4-28-15-5-6-17(23)16(12-15)14-8-10-24-19(11-14)18-7-9-22(25-18)13-21(2,3)26-20(22)27/h5-6,8,10-12,18,25H,4,7,9,13H2,1-3H3,(H,26,27)/t18-,22-/m1/s1. The number of carbonyl (C=O) groups is 1. The summed E-state index contributed by atoms with van der Waals surface area (Å²) in [7, 11) is 0. The molecule has 5 nitrogen and oxygen atoms in total. The summed E-state index contributed by atoms with van der Waals surface area (Å²) in [6.45, 7) is 6.51. The molecule has 0 saturated carbocycles. The van der Waals surface area contributed by atoms with Crippen molar-refractivity contribution < 1.29 is 13.9 Å². The first-order chi connectivity index (χ1) is 13.3. The largest absolute Gasteiger partial charge is 0.494 e. The monoisotopic (exact) mass is 383 g/mol. The van der Waals surface area contributed by atoms with Crippen LogP contribution >= 0.6 is 0 Å². The van der Waals surface area contributed by atoms with Crippen LogP contribution in [0.3, 0.4) is 0 Å². The molecule has 6 heteroatoms. The zero-order valence-corrected chi connectivity index (χ0v) is 16.5. The second-order valence-corrected chi connectivity index (χ2v) is 8.38. The first kappa shape index (κ1) is 18.9. The number of pyridine rings is 1. The van der Waals surface area contributed by atoms with Crippen LogP contribution in [-0.2, 0) is 4.79 Å². The van der Waals surface area contributed by atoms with Crippen molar-refractivity contribution in [2.45, 2.75) is 57.2 Å². The summed E-state index contributed by atoms with van der Waals surface area (Å²) in [6.07, 6.45) is 4.04. The second kappa shape index (κ2) is 6.85. The van der Waals surface area contributed by atoms with E-state index >= 15 is 0 Å². The van der Waals surface area contributed by atoms with Crippen LogP contribution in [-0.4, -0.2) is 28.6 Å². The molecular formula is C22H26FN3O2. The minimum Gasteiger partial charge on any atom is -0.494 e. The van der Waals surface area contributed by atoms with Crippen LogP contribution < -0.4 is 15.4 Å².